The van der Waals surface area contributed by atoms with Crippen LogP contribution in [0.2, 0.25) is 0 Å². The molecule has 0 radical (unpaired) electrons. The Morgan fingerprint density at radius 2 is 2.14 bits per heavy atom. The molecular formula is C10H16N2O2. The van der Waals surface area contributed by atoms with Crippen molar-refractivity contribution in [3.05, 3.63) is 18.2 Å². The molecule has 0 saturated carbocycles. The summed E-state index contributed by atoms with van der Waals surface area (Å²) in [5.74, 6) is 0.689. The molecule has 0 amide bonds. The van der Waals surface area contributed by atoms with Crippen LogP contribution < -0.4 is 15.5 Å². The van der Waals surface area contributed by atoms with Gasteiger partial charge in [-0.2, -0.15) is 0 Å². The van der Waals surface area contributed by atoms with Gasteiger partial charge in [0.2, 0.25) is 0 Å². The molecule has 0 heterocycles. The van der Waals surface area contributed by atoms with E-state index in [9.17, 15) is 0 Å². The van der Waals surface area contributed by atoms with E-state index < -0.39 is 0 Å². The Balaban J connectivity index is 3.00. The van der Waals surface area contributed by atoms with Crippen molar-refractivity contribution in [1.29, 1.82) is 0 Å². The van der Waals surface area contributed by atoms with Gasteiger partial charge in [-0.3, -0.25) is 9.90 Å². The number of nitrogens with two attached hydrogens (primary N) is 1. The maximum atomic E-state index is 5.90. The zero-order chi connectivity index (χ0) is 10.6. The zero-order valence-corrected chi connectivity index (χ0v) is 8.78. The van der Waals surface area contributed by atoms with Gasteiger partial charge < -0.3 is 10.5 Å². The van der Waals surface area contributed by atoms with Gasteiger partial charge in [0.1, 0.15) is 11.4 Å². The quantitative estimate of drug-likeness (QED) is 0.587. The fraction of sp³-hybridized carbons (Fsp3) is 0.400. The van der Waals surface area contributed by atoms with Gasteiger partial charge in [0.25, 0.3) is 0 Å². The summed E-state index contributed by atoms with van der Waals surface area (Å²) in [7, 11) is 3.38. The molecule has 78 valence electrons. The van der Waals surface area contributed by atoms with Crippen LogP contribution >= 0.6 is 0 Å². The van der Waals surface area contributed by atoms with Crippen molar-refractivity contribution >= 4 is 11.4 Å². The van der Waals surface area contributed by atoms with Gasteiger partial charge in [0.05, 0.1) is 19.4 Å². The predicted octanol–water partition coefficient (Wildman–Crippen LogP) is 1.67. The minimum absolute atomic E-state index is 0.596. The number of hydroxylamine groups is 1. The molecule has 4 heteroatoms. The number of benzene rings is 1. The molecule has 2 N–H and O–H groups in total. The third kappa shape index (κ3) is 2.09. The van der Waals surface area contributed by atoms with Gasteiger partial charge in [0, 0.05) is 7.05 Å². The number of nitrogens with zero attached hydrogens (tertiary/aromatic N) is 1. The van der Waals surface area contributed by atoms with Gasteiger partial charge in [0.15, 0.2) is 0 Å². The van der Waals surface area contributed by atoms with E-state index in [0.29, 0.717) is 18.0 Å². The molecule has 0 saturated heterocycles. The first kappa shape index (κ1) is 10.7. The van der Waals surface area contributed by atoms with E-state index in [-0.39, 0.29) is 0 Å². The molecule has 1 aromatic carbocycles. The number of anilines is 2. The lowest BCUT2D eigenvalue weighted by molar-refractivity contribution is 0.185. The maximum absolute atomic E-state index is 5.90. The lowest BCUT2D eigenvalue weighted by Gasteiger charge is -2.19. The highest BCUT2D eigenvalue weighted by Crippen LogP contribution is 2.31. The summed E-state index contributed by atoms with van der Waals surface area (Å²) < 4.78 is 5.36. The molecule has 0 aliphatic heterocycles. The van der Waals surface area contributed by atoms with Gasteiger partial charge in [-0.05, 0) is 19.1 Å². The van der Waals surface area contributed by atoms with Crippen LogP contribution in [0.25, 0.3) is 0 Å². The van der Waals surface area contributed by atoms with Gasteiger partial charge in [-0.1, -0.05) is 6.07 Å². The third-order valence-corrected chi connectivity index (χ3v) is 1.96. The Labute approximate surface area is 84.2 Å². The number of rotatable bonds is 4. The second kappa shape index (κ2) is 4.72. The van der Waals surface area contributed by atoms with Crippen molar-refractivity contribution in [3.63, 3.8) is 0 Å². The number of ether oxygens (including phenoxy) is 1. The zero-order valence-electron chi connectivity index (χ0n) is 8.78. The minimum Gasteiger partial charge on any atom is -0.492 e. The largest absolute Gasteiger partial charge is 0.492 e. The molecule has 0 aliphatic carbocycles. The second-order valence-corrected chi connectivity index (χ2v) is 2.80. The number of para-hydroxylation sites is 1. The van der Waals surface area contributed by atoms with Crippen molar-refractivity contribution in [2.24, 2.45) is 0 Å². The Hall–Kier alpha value is -1.42. The van der Waals surface area contributed by atoms with E-state index in [0.717, 1.165) is 5.69 Å². The van der Waals surface area contributed by atoms with E-state index in [2.05, 4.69) is 0 Å². The smallest absolute Gasteiger partial charge is 0.144 e. The van der Waals surface area contributed by atoms with E-state index in [1.807, 2.05) is 25.1 Å². The first-order valence-electron chi connectivity index (χ1n) is 4.49. The summed E-state index contributed by atoms with van der Waals surface area (Å²) in [4.78, 5) is 5.05. The topological polar surface area (TPSA) is 47.7 Å². The summed E-state index contributed by atoms with van der Waals surface area (Å²) in [6, 6.07) is 5.60. The highest BCUT2D eigenvalue weighted by atomic mass is 16.7. The molecule has 0 atom stereocenters. The van der Waals surface area contributed by atoms with Crippen molar-refractivity contribution < 1.29 is 9.57 Å². The minimum atomic E-state index is 0.596. The molecule has 14 heavy (non-hydrogen) atoms. The van der Waals surface area contributed by atoms with Crippen LogP contribution in [0.3, 0.4) is 0 Å². The first-order chi connectivity index (χ1) is 6.70. The van der Waals surface area contributed by atoms with Crippen LogP contribution in [0.4, 0.5) is 11.4 Å². The van der Waals surface area contributed by atoms with Gasteiger partial charge in [-0.25, -0.2) is 0 Å². The Morgan fingerprint density at radius 1 is 1.43 bits per heavy atom. The molecular weight excluding hydrogens is 180 g/mol. The van der Waals surface area contributed by atoms with Gasteiger partial charge in [-0.15, -0.1) is 0 Å². The Morgan fingerprint density at radius 3 is 2.71 bits per heavy atom. The summed E-state index contributed by atoms with van der Waals surface area (Å²) in [5.41, 5.74) is 7.30. The fourth-order valence-corrected chi connectivity index (χ4v) is 1.19. The van der Waals surface area contributed by atoms with Crippen LogP contribution in [0.15, 0.2) is 18.2 Å². The summed E-state index contributed by atoms with van der Waals surface area (Å²) >= 11 is 0. The van der Waals surface area contributed by atoms with Crippen LogP contribution in [0.5, 0.6) is 5.75 Å². The maximum Gasteiger partial charge on any atom is 0.144 e. The highest BCUT2D eigenvalue weighted by molar-refractivity contribution is 5.72. The third-order valence-electron chi connectivity index (χ3n) is 1.96. The molecule has 0 fully saturated rings. The monoisotopic (exact) mass is 196 g/mol. The number of nitrogen functional groups attached to an aromatic ring is 1. The molecule has 1 aromatic rings. The van der Waals surface area contributed by atoms with E-state index >= 15 is 0 Å². The fourth-order valence-electron chi connectivity index (χ4n) is 1.19. The summed E-state index contributed by atoms with van der Waals surface area (Å²) in [6.45, 7) is 2.52. The SMILES string of the molecule is CCOc1cccc(N(C)OC)c1N. The van der Waals surface area contributed by atoms with Crippen LogP contribution in [0.1, 0.15) is 6.92 Å². The Bertz CT molecular complexity index is 302. The van der Waals surface area contributed by atoms with Crippen molar-refractivity contribution in [3.8, 4) is 5.75 Å². The number of hydrogen-bond donors (Lipinski definition) is 1. The molecule has 4 nitrogen and oxygen atoms in total. The van der Waals surface area contributed by atoms with Crippen molar-refractivity contribution in [2.45, 2.75) is 6.92 Å². The lowest BCUT2D eigenvalue weighted by Crippen LogP contribution is -2.16. The molecule has 1 rings (SSSR count). The summed E-state index contributed by atoms with van der Waals surface area (Å²) in [6.07, 6.45) is 0. The molecule has 0 spiro atoms. The first-order valence-corrected chi connectivity index (χ1v) is 4.49. The second-order valence-electron chi connectivity index (χ2n) is 2.80. The van der Waals surface area contributed by atoms with E-state index in [1.165, 1.54) is 0 Å². The number of hydrogen-bond acceptors (Lipinski definition) is 4. The molecule has 0 aromatic heterocycles. The standard InChI is InChI=1S/C10H16N2O2/c1-4-14-9-7-5-6-8(10(9)11)12(2)13-3/h5-7H,4,11H2,1-3H3. The lowest BCUT2D eigenvalue weighted by atomic mass is 10.2. The average Bonchev–Trinajstić information content (AvgIpc) is 2.20. The normalized spacial score (nSPS) is 9.93. The molecule has 0 bridgehead atoms. The van der Waals surface area contributed by atoms with Crippen molar-refractivity contribution in [2.75, 3.05) is 31.6 Å². The highest BCUT2D eigenvalue weighted by Gasteiger charge is 2.08. The average molecular weight is 196 g/mol. The molecule has 0 aliphatic rings. The Kier molecular flexibility index (Phi) is 3.59. The van der Waals surface area contributed by atoms with Crippen molar-refractivity contribution in [1.82, 2.24) is 0 Å². The van der Waals surface area contributed by atoms with E-state index in [4.69, 9.17) is 15.3 Å². The van der Waals surface area contributed by atoms with Gasteiger partial charge >= 0.3 is 0 Å². The predicted molar refractivity (Wildman–Crippen MR) is 57.4 cm³/mol. The summed E-state index contributed by atoms with van der Waals surface area (Å²) in [5, 5.41) is 1.60. The van der Waals surface area contributed by atoms with Crippen LogP contribution in [-0.2, 0) is 4.84 Å². The molecule has 0 unspecified atom stereocenters. The van der Waals surface area contributed by atoms with E-state index in [1.54, 1.807) is 19.2 Å². The van der Waals surface area contributed by atoms with Crippen LogP contribution in [-0.4, -0.2) is 20.8 Å². The van der Waals surface area contributed by atoms with Crippen LogP contribution in [0, 0.1) is 0 Å².